The third-order valence-corrected chi connectivity index (χ3v) is 6.43. The lowest BCUT2D eigenvalue weighted by Gasteiger charge is -2.26. The molecule has 0 bridgehead atoms. The largest absolute Gasteiger partial charge is 0.760 e. The molecule has 1 saturated heterocycles. The minimum Gasteiger partial charge on any atom is -0.760 e. The maximum Gasteiger partial charge on any atom is 0.150 e. The average molecular weight is 492 g/mol. The molecule has 9 nitrogen and oxygen atoms in total. The van der Waals surface area contributed by atoms with Crippen molar-refractivity contribution in [3.63, 3.8) is 0 Å². The second kappa shape index (κ2) is 10.7. The normalized spacial score (nSPS) is 19.0. The van der Waals surface area contributed by atoms with Crippen molar-refractivity contribution < 1.29 is 22.3 Å². The first kappa shape index (κ1) is 24.5. The van der Waals surface area contributed by atoms with Crippen LogP contribution in [-0.4, -0.2) is 52.7 Å². The van der Waals surface area contributed by atoms with Gasteiger partial charge in [0.25, 0.3) is 0 Å². The van der Waals surface area contributed by atoms with Gasteiger partial charge in [0.15, 0.2) is 0 Å². The van der Waals surface area contributed by atoms with E-state index in [1.54, 1.807) is 19.3 Å². The van der Waals surface area contributed by atoms with Crippen molar-refractivity contribution in [1.82, 2.24) is 29.5 Å². The molecule has 1 aliphatic rings. The zero-order valence-corrected chi connectivity index (χ0v) is 19.6. The summed E-state index contributed by atoms with van der Waals surface area (Å²) >= 11 is -2.53. The van der Waals surface area contributed by atoms with Crippen molar-refractivity contribution in [3.05, 3.63) is 65.3 Å². The number of para-hydroxylation sites is 1. The van der Waals surface area contributed by atoms with Gasteiger partial charge in [-0.05, 0) is 44.4 Å². The summed E-state index contributed by atoms with van der Waals surface area (Å²) in [5.74, 6) is -1.23. The van der Waals surface area contributed by atoms with Crippen molar-refractivity contribution >= 4 is 11.3 Å². The Labute approximate surface area is 198 Å². The second-order valence-corrected chi connectivity index (χ2v) is 9.07. The fourth-order valence-electron chi connectivity index (χ4n) is 4.13. The molecule has 4 atom stereocenters. The number of benzene rings is 1. The molecule has 4 rings (SSSR count). The number of aromatic nitrogens is 5. The predicted molar refractivity (Wildman–Crippen MR) is 119 cm³/mol. The zero-order valence-electron chi connectivity index (χ0n) is 18.8. The quantitative estimate of drug-likeness (QED) is 0.481. The first-order valence-electron chi connectivity index (χ1n) is 11.0. The third kappa shape index (κ3) is 5.35. The molecule has 0 amide bonds. The number of nitrogens with zero attached hydrogens (tertiary/aromatic N) is 5. The van der Waals surface area contributed by atoms with Gasteiger partial charge in [-0.15, -0.1) is 10.2 Å². The fraction of sp³-hybridized carbons (Fsp3) is 0.455. The molecule has 2 aromatic heterocycles. The van der Waals surface area contributed by atoms with Gasteiger partial charge in [-0.3, -0.25) is 8.78 Å². The summed E-state index contributed by atoms with van der Waals surface area (Å²) in [5.41, 5.74) is 0.561. The first-order chi connectivity index (χ1) is 16.3. The highest BCUT2D eigenvalue weighted by Crippen LogP contribution is 2.31. The van der Waals surface area contributed by atoms with Crippen LogP contribution in [0.4, 0.5) is 8.78 Å². The van der Waals surface area contributed by atoms with Crippen LogP contribution in [0.3, 0.4) is 0 Å². The van der Waals surface area contributed by atoms with E-state index < -0.39 is 34.9 Å². The topological polar surface area (TPSA) is 118 Å². The van der Waals surface area contributed by atoms with Gasteiger partial charge in [0.1, 0.15) is 34.8 Å². The second-order valence-electron chi connectivity index (χ2n) is 8.36. The molecule has 1 aliphatic heterocycles. The van der Waals surface area contributed by atoms with Gasteiger partial charge < -0.3 is 9.29 Å². The summed E-state index contributed by atoms with van der Waals surface area (Å²) in [7, 11) is 0. The molecule has 1 unspecified atom stereocenters. The minimum atomic E-state index is -2.53. The Bertz CT molecular complexity index is 1130. The maximum atomic E-state index is 14.9. The van der Waals surface area contributed by atoms with Gasteiger partial charge in [-0.1, -0.05) is 6.07 Å². The van der Waals surface area contributed by atoms with Gasteiger partial charge in [-0.2, -0.15) is 0 Å². The molecule has 1 N–H and O–H groups in total. The molecule has 34 heavy (non-hydrogen) atoms. The highest BCUT2D eigenvalue weighted by atomic mass is 32.2. The molecule has 0 spiro atoms. The van der Waals surface area contributed by atoms with Crippen LogP contribution in [0.1, 0.15) is 54.6 Å². The zero-order chi connectivity index (χ0) is 24.2. The smallest absolute Gasteiger partial charge is 0.150 e. The molecule has 12 heteroatoms. The highest BCUT2D eigenvalue weighted by Gasteiger charge is 2.31. The van der Waals surface area contributed by atoms with Gasteiger partial charge in [0.2, 0.25) is 0 Å². The van der Waals surface area contributed by atoms with Crippen molar-refractivity contribution in [2.75, 3.05) is 13.2 Å². The predicted octanol–water partition coefficient (Wildman–Crippen LogP) is 2.64. The summed E-state index contributed by atoms with van der Waals surface area (Å²) in [6, 6.07) is 3.02. The molecule has 1 aromatic carbocycles. The lowest BCUT2D eigenvalue weighted by molar-refractivity contribution is 0.0774. The van der Waals surface area contributed by atoms with Crippen LogP contribution in [0, 0.1) is 18.6 Å². The van der Waals surface area contributed by atoms with E-state index in [9.17, 15) is 17.5 Å². The van der Waals surface area contributed by atoms with E-state index >= 15 is 0 Å². The van der Waals surface area contributed by atoms with Crippen molar-refractivity contribution in [3.8, 4) is 5.69 Å². The number of halogens is 2. The van der Waals surface area contributed by atoms with Crippen LogP contribution in [-0.2, 0) is 22.4 Å². The maximum absolute atomic E-state index is 14.9. The van der Waals surface area contributed by atoms with Crippen LogP contribution >= 0.6 is 0 Å². The van der Waals surface area contributed by atoms with Gasteiger partial charge in [0, 0.05) is 54.6 Å². The number of nitrogens with one attached hydrogen (secondary N) is 1. The lowest BCUT2D eigenvalue weighted by atomic mass is 9.96. The van der Waals surface area contributed by atoms with E-state index in [0.29, 0.717) is 24.9 Å². The van der Waals surface area contributed by atoms with E-state index in [-0.39, 0.29) is 23.9 Å². The molecule has 182 valence electrons. The van der Waals surface area contributed by atoms with Crippen LogP contribution in [0.15, 0.2) is 30.6 Å². The Morgan fingerprint density at radius 3 is 2.59 bits per heavy atom. The number of rotatable bonds is 8. The monoisotopic (exact) mass is 491 g/mol. The number of hydrogen-bond donors (Lipinski definition) is 1. The van der Waals surface area contributed by atoms with Crippen molar-refractivity contribution in [2.45, 2.75) is 51.0 Å². The number of ether oxygens (including phenoxy) is 1. The molecular formula is C22H25F2N6O3S-. The summed E-state index contributed by atoms with van der Waals surface area (Å²) in [5, 5.41) is 8.58. The van der Waals surface area contributed by atoms with E-state index in [1.165, 1.54) is 22.8 Å². The molecule has 0 saturated carbocycles. The summed E-state index contributed by atoms with van der Waals surface area (Å²) < 4.78 is 61.9. The molecule has 3 aromatic rings. The molecule has 0 aliphatic carbocycles. The number of aryl methyl sites for hydroxylation is 1. The van der Waals surface area contributed by atoms with Crippen LogP contribution in [0.5, 0.6) is 0 Å². The van der Waals surface area contributed by atoms with E-state index in [4.69, 9.17) is 4.74 Å². The summed E-state index contributed by atoms with van der Waals surface area (Å²) in [6.45, 7) is 4.49. The minimum absolute atomic E-state index is 0.0861. The van der Waals surface area contributed by atoms with Crippen molar-refractivity contribution in [1.29, 1.82) is 0 Å². The lowest BCUT2D eigenvalue weighted by Crippen LogP contribution is -2.36. The summed E-state index contributed by atoms with van der Waals surface area (Å²) in [6.07, 6.45) is 4.88. The van der Waals surface area contributed by atoms with Crippen LogP contribution in [0.2, 0.25) is 0 Å². The Kier molecular flexibility index (Phi) is 7.71. The van der Waals surface area contributed by atoms with Gasteiger partial charge in [-0.25, -0.2) is 23.5 Å². The third-order valence-electron chi connectivity index (χ3n) is 5.86. The van der Waals surface area contributed by atoms with Crippen LogP contribution < -0.4 is 4.72 Å². The fourth-order valence-corrected chi connectivity index (χ4v) is 4.60. The Hall–Kier alpha value is -2.67. The Morgan fingerprint density at radius 2 is 1.97 bits per heavy atom. The van der Waals surface area contributed by atoms with E-state index in [0.717, 1.165) is 18.4 Å². The van der Waals surface area contributed by atoms with E-state index in [1.807, 2.05) is 6.92 Å². The van der Waals surface area contributed by atoms with Crippen LogP contribution in [0.25, 0.3) is 5.69 Å². The van der Waals surface area contributed by atoms with Crippen molar-refractivity contribution in [2.24, 2.45) is 0 Å². The molecule has 1 fully saturated rings. The first-order valence-corrected chi connectivity index (χ1v) is 12.0. The highest BCUT2D eigenvalue weighted by molar-refractivity contribution is 7.77. The Morgan fingerprint density at radius 1 is 1.26 bits per heavy atom. The standard InChI is InChI=1S/C22H26F2N6O3S/c1-13-10-25-21(26-11-13)16(14(2)29-34(31)32)9-19-27-28-22(15-5-4-8-33-12-15)30(19)20-17(23)6-3-7-18(20)24/h3,6-7,10-11,14-16,29H,4-5,8-9,12H2,1-2H3,(H,31,32)/p-1/t14-,15-,16-/m1/s1. The van der Waals surface area contributed by atoms with E-state index in [2.05, 4.69) is 24.9 Å². The summed E-state index contributed by atoms with van der Waals surface area (Å²) in [4.78, 5) is 8.72. The Balaban J connectivity index is 1.81. The molecular weight excluding hydrogens is 466 g/mol. The SMILES string of the molecule is Cc1cnc([C@H](Cc2nnc([C@@H]3CCCOC3)n2-c2c(F)cccc2F)[C@@H](C)NS(=O)[O-])nc1. The van der Waals surface area contributed by atoms with Gasteiger partial charge in [0.05, 0.1) is 6.61 Å². The van der Waals surface area contributed by atoms with Gasteiger partial charge >= 0.3 is 0 Å². The number of hydrogen-bond acceptors (Lipinski definition) is 7. The molecule has 0 radical (unpaired) electrons. The average Bonchev–Trinajstić information content (AvgIpc) is 3.21. The molecule has 3 heterocycles.